The highest BCUT2D eigenvalue weighted by Crippen LogP contribution is 2.24. The van der Waals surface area contributed by atoms with E-state index in [4.69, 9.17) is 10.5 Å². The molecule has 20 heavy (non-hydrogen) atoms. The van der Waals surface area contributed by atoms with Gasteiger partial charge in [-0.25, -0.2) is 4.98 Å². The molecule has 1 aliphatic heterocycles. The zero-order chi connectivity index (χ0) is 13.9. The summed E-state index contributed by atoms with van der Waals surface area (Å²) in [6, 6.07) is 9.98. The van der Waals surface area contributed by atoms with Crippen molar-refractivity contribution in [2.45, 2.75) is 6.92 Å². The highest BCUT2D eigenvalue weighted by Gasteiger charge is 2.16. The van der Waals surface area contributed by atoms with Crippen molar-refractivity contribution in [3.63, 3.8) is 0 Å². The summed E-state index contributed by atoms with van der Waals surface area (Å²) < 4.78 is 5.36. The quantitative estimate of drug-likeness (QED) is 0.902. The largest absolute Gasteiger partial charge is 0.384 e. The Labute approximate surface area is 118 Å². The lowest BCUT2D eigenvalue weighted by atomic mass is 10.1. The highest BCUT2D eigenvalue weighted by atomic mass is 16.5. The number of rotatable bonds is 2. The summed E-state index contributed by atoms with van der Waals surface area (Å²) in [5.41, 5.74) is 9.09. The van der Waals surface area contributed by atoms with Crippen LogP contribution in [0.25, 0.3) is 11.3 Å². The third-order valence-electron chi connectivity index (χ3n) is 3.45. The number of nitrogen functional groups attached to an aromatic ring is 1. The first-order chi connectivity index (χ1) is 9.74. The normalized spacial score (nSPS) is 15.3. The molecule has 5 nitrogen and oxygen atoms in total. The van der Waals surface area contributed by atoms with E-state index in [1.165, 1.54) is 5.56 Å². The molecule has 5 heteroatoms. The number of ether oxygens (including phenoxy) is 1. The van der Waals surface area contributed by atoms with Crippen molar-refractivity contribution in [3.8, 4) is 11.3 Å². The van der Waals surface area contributed by atoms with Crippen molar-refractivity contribution < 1.29 is 4.74 Å². The first-order valence-electron chi connectivity index (χ1n) is 6.77. The zero-order valence-corrected chi connectivity index (χ0v) is 11.5. The Morgan fingerprint density at radius 2 is 1.90 bits per heavy atom. The maximum Gasteiger partial charge on any atom is 0.228 e. The fourth-order valence-corrected chi connectivity index (χ4v) is 2.36. The average Bonchev–Trinajstić information content (AvgIpc) is 2.48. The Balaban J connectivity index is 2.00. The molecule has 1 aromatic carbocycles. The standard InChI is InChI=1S/C15H18N4O/c1-11-4-2-3-5-12(11)13-10-14(16)18-15(17-13)19-6-8-20-9-7-19/h2-5,10H,6-9H2,1H3,(H2,16,17,18). The van der Waals surface area contributed by atoms with Gasteiger partial charge in [0, 0.05) is 24.7 Å². The SMILES string of the molecule is Cc1ccccc1-c1cc(N)nc(N2CCOCC2)n1. The maximum atomic E-state index is 5.94. The van der Waals surface area contributed by atoms with Crippen LogP contribution in [0, 0.1) is 6.92 Å². The van der Waals surface area contributed by atoms with Gasteiger partial charge in [0.25, 0.3) is 0 Å². The van der Waals surface area contributed by atoms with Crippen LogP contribution < -0.4 is 10.6 Å². The van der Waals surface area contributed by atoms with Gasteiger partial charge in [0.2, 0.25) is 5.95 Å². The zero-order valence-electron chi connectivity index (χ0n) is 11.5. The van der Waals surface area contributed by atoms with Gasteiger partial charge in [-0.05, 0) is 12.5 Å². The molecule has 2 aromatic rings. The summed E-state index contributed by atoms with van der Waals surface area (Å²) in [5.74, 6) is 1.19. The summed E-state index contributed by atoms with van der Waals surface area (Å²) in [6.07, 6.45) is 0. The number of aromatic nitrogens is 2. The van der Waals surface area contributed by atoms with Crippen molar-refractivity contribution in [1.82, 2.24) is 9.97 Å². The predicted octanol–water partition coefficient (Wildman–Crippen LogP) is 1.87. The van der Waals surface area contributed by atoms with E-state index in [-0.39, 0.29) is 0 Å². The molecule has 1 aromatic heterocycles. The van der Waals surface area contributed by atoms with E-state index < -0.39 is 0 Å². The van der Waals surface area contributed by atoms with Crippen molar-refractivity contribution in [1.29, 1.82) is 0 Å². The van der Waals surface area contributed by atoms with Crippen LogP contribution >= 0.6 is 0 Å². The van der Waals surface area contributed by atoms with Crippen molar-refractivity contribution in [3.05, 3.63) is 35.9 Å². The molecular formula is C15H18N4O. The lowest BCUT2D eigenvalue weighted by Crippen LogP contribution is -2.37. The second-order valence-electron chi connectivity index (χ2n) is 4.89. The summed E-state index contributed by atoms with van der Waals surface area (Å²) in [4.78, 5) is 11.1. The van der Waals surface area contributed by atoms with Crippen LogP contribution in [0.5, 0.6) is 0 Å². The first-order valence-corrected chi connectivity index (χ1v) is 6.77. The fraction of sp³-hybridized carbons (Fsp3) is 0.333. The third kappa shape index (κ3) is 2.58. The smallest absolute Gasteiger partial charge is 0.228 e. The Kier molecular flexibility index (Phi) is 3.52. The molecule has 2 heterocycles. The molecule has 0 radical (unpaired) electrons. The molecule has 0 unspecified atom stereocenters. The number of hydrogen-bond donors (Lipinski definition) is 1. The van der Waals surface area contributed by atoms with E-state index in [2.05, 4.69) is 33.9 Å². The molecule has 1 fully saturated rings. The molecule has 0 bridgehead atoms. The Morgan fingerprint density at radius 3 is 2.65 bits per heavy atom. The average molecular weight is 270 g/mol. The molecule has 104 valence electrons. The summed E-state index contributed by atoms with van der Waals surface area (Å²) in [7, 11) is 0. The van der Waals surface area contributed by atoms with E-state index in [1.807, 2.05) is 18.2 Å². The van der Waals surface area contributed by atoms with E-state index >= 15 is 0 Å². The minimum atomic E-state index is 0.500. The Morgan fingerprint density at radius 1 is 1.15 bits per heavy atom. The van der Waals surface area contributed by atoms with Gasteiger partial charge >= 0.3 is 0 Å². The molecule has 0 aliphatic carbocycles. The Hall–Kier alpha value is -2.14. The topological polar surface area (TPSA) is 64.3 Å². The van der Waals surface area contributed by atoms with E-state index in [0.717, 1.165) is 24.3 Å². The van der Waals surface area contributed by atoms with E-state index in [1.54, 1.807) is 0 Å². The second kappa shape index (κ2) is 5.46. The number of morpholine rings is 1. The van der Waals surface area contributed by atoms with Crippen molar-refractivity contribution >= 4 is 11.8 Å². The molecule has 0 atom stereocenters. The van der Waals surface area contributed by atoms with Crippen LogP contribution in [0.4, 0.5) is 11.8 Å². The third-order valence-corrected chi connectivity index (χ3v) is 3.45. The number of nitrogens with two attached hydrogens (primary N) is 1. The van der Waals surface area contributed by atoms with Crippen LogP contribution in [0.3, 0.4) is 0 Å². The van der Waals surface area contributed by atoms with Gasteiger partial charge in [0.05, 0.1) is 18.9 Å². The monoisotopic (exact) mass is 270 g/mol. The molecule has 0 spiro atoms. The fourth-order valence-electron chi connectivity index (χ4n) is 2.36. The van der Waals surface area contributed by atoms with Crippen LogP contribution in [0.15, 0.2) is 30.3 Å². The summed E-state index contributed by atoms with van der Waals surface area (Å²) >= 11 is 0. The van der Waals surface area contributed by atoms with Gasteiger partial charge in [0.1, 0.15) is 5.82 Å². The molecular weight excluding hydrogens is 252 g/mol. The van der Waals surface area contributed by atoms with Gasteiger partial charge in [-0.1, -0.05) is 24.3 Å². The minimum Gasteiger partial charge on any atom is -0.384 e. The first kappa shape index (κ1) is 12.9. The van der Waals surface area contributed by atoms with Crippen LogP contribution in [-0.4, -0.2) is 36.3 Å². The van der Waals surface area contributed by atoms with Gasteiger partial charge < -0.3 is 15.4 Å². The van der Waals surface area contributed by atoms with Crippen molar-refractivity contribution in [2.75, 3.05) is 36.9 Å². The summed E-state index contributed by atoms with van der Waals surface area (Å²) in [5, 5.41) is 0. The lowest BCUT2D eigenvalue weighted by Gasteiger charge is -2.27. The van der Waals surface area contributed by atoms with Crippen molar-refractivity contribution in [2.24, 2.45) is 0 Å². The maximum absolute atomic E-state index is 5.94. The van der Waals surface area contributed by atoms with Gasteiger partial charge in [-0.3, -0.25) is 0 Å². The molecule has 0 amide bonds. The van der Waals surface area contributed by atoms with Crippen LogP contribution in [0.1, 0.15) is 5.56 Å². The van der Waals surface area contributed by atoms with Gasteiger partial charge in [-0.2, -0.15) is 4.98 Å². The predicted molar refractivity (Wildman–Crippen MR) is 79.6 cm³/mol. The molecule has 3 rings (SSSR count). The van der Waals surface area contributed by atoms with Gasteiger partial charge in [-0.15, -0.1) is 0 Å². The number of aryl methyl sites for hydroxylation is 1. The molecule has 1 saturated heterocycles. The highest BCUT2D eigenvalue weighted by molar-refractivity contribution is 5.67. The minimum absolute atomic E-state index is 0.500. The Bertz CT molecular complexity index is 609. The van der Waals surface area contributed by atoms with Gasteiger partial charge in [0.15, 0.2) is 0 Å². The molecule has 0 saturated carbocycles. The van der Waals surface area contributed by atoms with Crippen LogP contribution in [-0.2, 0) is 4.74 Å². The van der Waals surface area contributed by atoms with E-state index in [0.29, 0.717) is 25.0 Å². The lowest BCUT2D eigenvalue weighted by molar-refractivity contribution is 0.122. The number of anilines is 2. The summed E-state index contributed by atoms with van der Waals surface area (Å²) in [6.45, 7) is 5.09. The number of hydrogen-bond acceptors (Lipinski definition) is 5. The molecule has 2 N–H and O–H groups in total. The number of nitrogens with zero attached hydrogens (tertiary/aromatic N) is 3. The second-order valence-corrected chi connectivity index (χ2v) is 4.89. The van der Waals surface area contributed by atoms with Crippen LogP contribution in [0.2, 0.25) is 0 Å². The number of benzene rings is 1. The van der Waals surface area contributed by atoms with E-state index in [9.17, 15) is 0 Å². The molecule has 1 aliphatic rings.